The third-order valence-electron chi connectivity index (χ3n) is 5.07. The summed E-state index contributed by atoms with van der Waals surface area (Å²) in [6.45, 7) is 0.472. The Bertz CT molecular complexity index is 1130. The number of anilines is 1. The fourth-order valence-corrected chi connectivity index (χ4v) is 4.21. The molecule has 0 bridgehead atoms. The minimum Gasteiger partial charge on any atom is -0.350 e. The first-order valence-electron chi connectivity index (χ1n) is 10.1. The highest BCUT2D eigenvalue weighted by Gasteiger charge is 2.16. The monoisotopic (exact) mass is 455 g/mol. The molecule has 6 nitrogen and oxygen atoms in total. The van der Waals surface area contributed by atoms with Gasteiger partial charge in [-0.05, 0) is 74.6 Å². The molecule has 3 aromatic carbocycles. The lowest BCUT2D eigenvalue weighted by Crippen LogP contribution is -2.41. The van der Waals surface area contributed by atoms with Gasteiger partial charge in [0.05, 0.1) is 4.90 Å². The zero-order valence-electron chi connectivity index (χ0n) is 18.0. The van der Waals surface area contributed by atoms with Crippen molar-refractivity contribution in [2.24, 2.45) is 0 Å². The van der Waals surface area contributed by atoms with Crippen molar-refractivity contribution in [3.63, 3.8) is 0 Å². The highest BCUT2D eigenvalue weighted by Crippen LogP contribution is 2.17. The lowest BCUT2D eigenvalue weighted by atomic mass is 10.0. The fraction of sp³-hybridized carbons (Fsp3) is 0.208. The molecule has 8 heteroatoms. The minimum absolute atomic E-state index is 0.0473. The molecule has 0 spiro atoms. The largest absolute Gasteiger partial charge is 0.350 e. The van der Waals surface area contributed by atoms with Crippen LogP contribution in [0.15, 0.2) is 83.8 Å². The van der Waals surface area contributed by atoms with Crippen LogP contribution in [0.4, 0.5) is 10.1 Å². The molecular weight excluding hydrogens is 429 g/mol. The molecule has 0 saturated carbocycles. The Morgan fingerprint density at radius 3 is 2.16 bits per heavy atom. The van der Waals surface area contributed by atoms with Crippen molar-refractivity contribution in [3.8, 4) is 0 Å². The summed E-state index contributed by atoms with van der Waals surface area (Å²) >= 11 is 0. The van der Waals surface area contributed by atoms with Crippen LogP contribution in [0.3, 0.4) is 0 Å². The quantitative estimate of drug-likeness (QED) is 0.518. The van der Waals surface area contributed by atoms with Gasteiger partial charge in [0, 0.05) is 23.8 Å². The second-order valence-corrected chi connectivity index (χ2v) is 9.34. The molecule has 32 heavy (non-hydrogen) atoms. The topological polar surface area (TPSA) is 78.5 Å². The van der Waals surface area contributed by atoms with Crippen molar-refractivity contribution < 1.29 is 17.6 Å². The highest BCUT2D eigenvalue weighted by molar-refractivity contribution is 7.92. The molecule has 3 aromatic rings. The van der Waals surface area contributed by atoms with Crippen molar-refractivity contribution in [3.05, 3.63) is 95.8 Å². The number of nitrogens with zero attached hydrogens (tertiary/aromatic N) is 1. The van der Waals surface area contributed by atoms with Gasteiger partial charge in [-0.1, -0.05) is 30.3 Å². The lowest BCUT2D eigenvalue weighted by molar-refractivity contribution is 0.0941. The van der Waals surface area contributed by atoms with Crippen LogP contribution < -0.4 is 10.0 Å². The smallest absolute Gasteiger partial charge is 0.261 e. The van der Waals surface area contributed by atoms with E-state index in [1.54, 1.807) is 12.1 Å². The summed E-state index contributed by atoms with van der Waals surface area (Å²) in [5, 5.41) is 2.94. The molecule has 168 valence electrons. The maximum atomic E-state index is 13.0. The van der Waals surface area contributed by atoms with Gasteiger partial charge >= 0.3 is 0 Å². The number of rotatable bonds is 9. The normalized spacial score (nSPS) is 12.4. The molecule has 1 atom stereocenters. The Morgan fingerprint density at radius 2 is 1.56 bits per heavy atom. The number of halogens is 1. The van der Waals surface area contributed by atoms with Crippen molar-refractivity contribution in [1.29, 1.82) is 0 Å². The van der Waals surface area contributed by atoms with E-state index in [0.717, 1.165) is 18.6 Å². The summed E-state index contributed by atoms with van der Waals surface area (Å²) in [4.78, 5) is 14.6. The number of hydrogen-bond acceptors (Lipinski definition) is 4. The summed E-state index contributed by atoms with van der Waals surface area (Å²) in [7, 11) is 0.101. The van der Waals surface area contributed by atoms with Crippen LogP contribution in [-0.2, 0) is 16.4 Å². The van der Waals surface area contributed by atoms with Gasteiger partial charge in [-0.25, -0.2) is 12.8 Å². The maximum Gasteiger partial charge on any atom is 0.261 e. The molecule has 0 radical (unpaired) electrons. The predicted molar refractivity (Wildman–Crippen MR) is 124 cm³/mol. The van der Waals surface area contributed by atoms with E-state index < -0.39 is 15.8 Å². The van der Waals surface area contributed by atoms with Crippen LogP contribution in [0.2, 0.25) is 0 Å². The van der Waals surface area contributed by atoms with E-state index in [9.17, 15) is 17.6 Å². The first-order valence-corrected chi connectivity index (χ1v) is 11.6. The number of amides is 1. The third-order valence-corrected chi connectivity index (χ3v) is 6.46. The predicted octanol–water partition coefficient (Wildman–Crippen LogP) is 3.53. The van der Waals surface area contributed by atoms with Crippen LogP contribution in [0.1, 0.15) is 15.9 Å². The maximum absolute atomic E-state index is 13.0. The molecule has 0 aliphatic carbocycles. The molecule has 0 aliphatic rings. The fourth-order valence-electron chi connectivity index (χ4n) is 3.15. The van der Waals surface area contributed by atoms with Gasteiger partial charge in [-0.15, -0.1) is 0 Å². The van der Waals surface area contributed by atoms with Crippen molar-refractivity contribution >= 4 is 21.6 Å². The Labute approximate surface area is 188 Å². The Balaban J connectivity index is 1.60. The van der Waals surface area contributed by atoms with Gasteiger partial charge in [0.1, 0.15) is 5.82 Å². The van der Waals surface area contributed by atoms with Crippen LogP contribution in [0.5, 0.6) is 0 Å². The summed E-state index contributed by atoms with van der Waals surface area (Å²) in [5.41, 5.74) is 1.92. The van der Waals surface area contributed by atoms with Crippen LogP contribution in [0.25, 0.3) is 0 Å². The molecule has 1 amide bonds. The van der Waals surface area contributed by atoms with Crippen LogP contribution in [0, 0.1) is 5.82 Å². The van der Waals surface area contributed by atoms with Crippen LogP contribution >= 0.6 is 0 Å². The van der Waals surface area contributed by atoms with Gasteiger partial charge in [0.2, 0.25) is 0 Å². The van der Waals surface area contributed by atoms with Crippen molar-refractivity contribution in [2.75, 3.05) is 25.4 Å². The van der Waals surface area contributed by atoms with Gasteiger partial charge in [0.25, 0.3) is 15.9 Å². The number of benzene rings is 3. The van der Waals surface area contributed by atoms with Gasteiger partial charge in [0.15, 0.2) is 0 Å². The number of carbonyl (C=O) groups excluding carboxylic acids is 1. The minimum atomic E-state index is -3.85. The lowest BCUT2D eigenvalue weighted by Gasteiger charge is -2.24. The molecule has 0 aromatic heterocycles. The number of carbonyl (C=O) groups is 1. The number of hydrogen-bond donors (Lipinski definition) is 2. The molecule has 1 unspecified atom stereocenters. The molecule has 0 fully saturated rings. The molecule has 0 aliphatic heterocycles. The molecule has 0 heterocycles. The average molecular weight is 456 g/mol. The first kappa shape index (κ1) is 23.4. The standard InChI is InChI=1S/C24H26FN3O3S/c1-28(2)22(16-18-6-4-3-5-7-18)17-26-24(29)19-8-12-21(13-9-19)27-32(30,31)23-14-10-20(25)11-15-23/h3-15,22,27H,16-17H2,1-2H3,(H,26,29). The Hall–Kier alpha value is -3.23. The van der Waals surface area contributed by atoms with E-state index in [1.807, 2.05) is 32.3 Å². The highest BCUT2D eigenvalue weighted by atomic mass is 32.2. The van der Waals surface area contributed by atoms with Crippen molar-refractivity contribution in [1.82, 2.24) is 10.2 Å². The average Bonchev–Trinajstić information content (AvgIpc) is 2.77. The molecule has 3 rings (SSSR count). The van der Waals surface area contributed by atoms with Gasteiger partial charge < -0.3 is 10.2 Å². The molecule has 0 saturated heterocycles. The van der Waals surface area contributed by atoms with E-state index >= 15 is 0 Å². The Morgan fingerprint density at radius 1 is 0.938 bits per heavy atom. The second-order valence-electron chi connectivity index (χ2n) is 7.65. The zero-order chi connectivity index (χ0) is 23.1. The second kappa shape index (κ2) is 10.4. The van der Waals surface area contributed by atoms with E-state index in [-0.39, 0.29) is 16.8 Å². The third kappa shape index (κ3) is 6.38. The van der Waals surface area contributed by atoms with Crippen molar-refractivity contribution in [2.45, 2.75) is 17.4 Å². The summed E-state index contributed by atoms with van der Waals surface area (Å²) in [6.07, 6.45) is 0.804. The van der Waals surface area contributed by atoms with Gasteiger partial charge in [-0.2, -0.15) is 0 Å². The van der Waals surface area contributed by atoms with Crippen LogP contribution in [-0.4, -0.2) is 45.9 Å². The number of nitrogens with one attached hydrogen (secondary N) is 2. The SMILES string of the molecule is CN(C)C(CNC(=O)c1ccc(NS(=O)(=O)c2ccc(F)cc2)cc1)Cc1ccccc1. The van der Waals surface area contributed by atoms with E-state index in [1.165, 1.54) is 29.8 Å². The molecular formula is C24H26FN3O3S. The molecule has 2 N–H and O–H groups in total. The van der Waals surface area contributed by atoms with E-state index in [4.69, 9.17) is 0 Å². The Kier molecular flexibility index (Phi) is 7.61. The summed E-state index contributed by atoms with van der Waals surface area (Å²) in [6, 6.07) is 20.9. The van der Waals surface area contributed by atoms with E-state index in [2.05, 4.69) is 27.1 Å². The number of sulfonamides is 1. The first-order chi connectivity index (χ1) is 15.2. The zero-order valence-corrected chi connectivity index (χ0v) is 18.8. The van der Waals surface area contributed by atoms with E-state index in [0.29, 0.717) is 17.8 Å². The summed E-state index contributed by atoms with van der Waals surface area (Å²) < 4.78 is 40.3. The van der Waals surface area contributed by atoms with Gasteiger partial charge in [-0.3, -0.25) is 9.52 Å². The summed E-state index contributed by atoms with van der Waals surface area (Å²) in [5.74, 6) is -0.752. The number of likely N-dealkylation sites (N-methyl/N-ethyl adjacent to an activating group) is 1.